The van der Waals surface area contributed by atoms with Crippen LogP contribution in [0.5, 0.6) is 5.75 Å². The second-order valence-electron chi connectivity index (χ2n) is 5.78. The van der Waals surface area contributed by atoms with Crippen LogP contribution in [0.25, 0.3) is 16.4 Å². The van der Waals surface area contributed by atoms with E-state index in [1.807, 2.05) is 6.07 Å². The number of fused-ring (bicyclic) bond motifs is 3. The third-order valence-corrected chi connectivity index (χ3v) is 4.30. The summed E-state index contributed by atoms with van der Waals surface area (Å²) < 4.78 is 12.5. The lowest BCUT2D eigenvalue weighted by molar-refractivity contribution is 0.0416. The third-order valence-electron chi connectivity index (χ3n) is 4.30. The van der Waals surface area contributed by atoms with E-state index in [0.717, 1.165) is 0 Å². The molecule has 1 aliphatic rings. The van der Waals surface area contributed by atoms with Gasteiger partial charge in [-0.15, -0.1) is 0 Å². The van der Waals surface area contributed by atoms with Crippen molar-refractivity contribution >= 4 is 28.5 Å². The zero-order chi connectivity index (χ0) is 17.4. The molecule has 1 aliphatic heterocycles. The Balaban J connectivity index is 1.74. The molecule has 3 heterocycles. The summed E-state index contributed by atoms with van der Waals surface area (Å²) in [5.41, 5.74) is 1.52. The number of aromatic carboxylic acids is 1. The highest BCUT2D eigenvalue weighted by molar-refractivity contribution is 6.11. The van der Waals surface area contributed by atoms with Gasteiger partial charge in [-0.2, -0.15) is 0 Å². The van der Waals surface area contributed by atoms with Crippen molar-refractivity contribution in [3.63, 3.8) is 0 Å². The minimum Gasteiger partial charge on any atom is -0.478 e. The van der Waals surface area contributed by atoms with Gasteiger partial charge in [0.25, 0.3) is 0 Å². The summed E-state index contributed by atoms with van der Waals surface area (Å²) >= 11 is 0. The highest BCUT2D eigenvalue weighted by Gasteiger charge is 2.21. The van der Waals surface area contributed by atoms with Crippen LogP contribution in [-0.4, -0.2) is 52.8 Å². The number of rotatable bonds is 2. The van der Waals surface area contributed by atoms with E-state index in [2.05, 4.69) is 0 Å². The Morgan fingerprint density at radius 1 is 1.08 bits per heavy atom. The summed E-state index contributed by atoms with van der Waals surface area (Å²) in [4.78, 5) is 25.5. The summed E-state index contributed by atoms with van der Waals surface area (Å²) in [6, 6.07) is 10.3. The number of carbonyl (C=O) groups is 2. The molecule has 7 nitrogen and oxygen atoms in total. The van der Waals surface area contributed by atoms with Gasteiger partial charge in [0.1, 0.15) is 5.75 Å². The zero-order valence-electron chi connectivity index (χ0n) is 13.3. The highest BCUT2D eigenvalue weighted by atomic mass is 16.6. The first-order valence-corrected chi connectivity index (χ1v) is 7.96. The van der Waals surface area contributed by atoms with Crippen LogP contribution in [-0.2, 0) is 4.74 Å². The summed E-state index contributed by atoms with van der Waals surface area (Å²) in [6.07, 6.45) is 1.36. The Bertz CT molecular complexity index is 972. The fourth-order valence-electron chi connectivity index (χ4n) is 3.12. The van der Waals surface area contributed by atoms with E-state index in [0.29, 0.717) is 48.5 Å². The molecule has 1 aromatic carbocycles. The van der Waals surface area contributed by atoms with Crippen molar-refractivity contribution in [2.75, 3.05) is 26.3 Å². The van der Waals surface area contributed by atoms with Crippen LogP contribution in [0.1, 0.15) is 10.4 Å². The Morgan fingerprint density at radius 3 is 2.64 bits per heavy atom. The topological polar surface area (TPSA) is 80.5 Å². The van der Waals surface area contributed by atoms with E-state index in [1.54, 1.807) is 45.8 Å². The van der Waals surface area contributed by atoms with Crippen molar-refractivity contribution in [2.45, 2.75) is 0 Å². The number of aromatic nitrogens is 1. The fraction of sp³-hybridized carbons (Fsp3) is 0.222. The number of hydrogen-bond acceptors (Lipinski definition) is 4. The highest BCUT2D eigenvalue weighted by Crippen LogP contribution is 2.30. The average molecular weight is 340 g/mol. The molecule has 0 saturated carbocycles. The quantitative estimate of drug-likeness (QED) is 0.776. The SMILES string of the molecule is O=C(O)c1c2ccc(OC(=O)N3CCOCC3)cc2n2ccccc12. The largest absolute Gasteiger partial charge is 0.478 e. The summed E-state index contributed by atoms with van der Waals surface area (Å²) in [7, 11) is 0. The smallest absolute Gasteiger partial charge is 0.415 e. The maximum absolute atomic E-state index is 12.2. The van der Waals surface area contributed by atoms with Gasteiger partial charge in [0.2, 0.25) is 0 Å². The Labute approximate surface area is 143 Å². The van der Waals surface area contributed by atoms with Crippen molar-refractivity contribution in [3.8, 4) is 5.75 Å². The second-order valence-corrected chi connectivity index (χ2v) is 5.78. The number of amides is 1. The van der Waals surface area contributed by atoms with E-state index >= 15 is 0 Å². The Morgan fingerprint density at radius 2 is 1.88 bits per heavy atom. The monoisotopic (exact) mass is 340 g/mol. The molecule has 2 aromatic heterocycles. The van der Waals surface area contributed by atoms with Crippen LogP contribution in [0.2, 0.25) is 0 Å². The summed E-state index contributed by atoms with van der Waals surface area (Å²) in [5, 5.41) is 10.1. The normalized spacial score (nSPS) is 14.8. The number of ether oxygens (including phenoxy) is 2. The Hall–Kier alpha value is -3.06. The number of pyridine rings is 1. The molecule has 0 radical (unpaired) electrons. The van der Waals surface area contributed by atoms with Crippen LogP contribution >= 0.6 is 0 Å². The lowest BCUT2D eigenvalue weighted by Crippen LogP contribution is -2.42. The van der Waals surface area contributed by atoms with Crippen molar-refractivity contribution in [3.05, 3.63) is 48.2 Å². The molecule has 0 bridgehead atoms. The molecule has 4 rings (SSSR count). The predicted molar refractivity (Wildman–Crippen MR) is 90.3 cm³/mol. The van der Waals surface area contributed by atoms with Gasteiger partial charge < -0.3 is 23.9 Å². The molecule has 1 saturated heterocycles. The number of carboxylic acids is 1. The van der Waals surface area contributed by atoms with Gasteiger partial charge >= 0.3 is 12.1 Å². The number of morpholine rings is 1. The molecule has 1 N–H and O–H groups in total. The molecule has 0 atom stereocenters. The van der Waals surface area contributed by atoms with Gasteiger partial charge in [-0.05, 0) is 24.3 Å². The molecule has 7 heteroatoms. The van der Waals surface area contributed by atoms with Crippen molar-refractivity contribution in [1.29, 1.82) is 0 Å². The number of benzene rings is 1. The van der Waals surface area contributed by atoms with Gasteiger partial charge in [-0.1, -0.05) is 6.07 Å². The molecule has 0 unspecified atom stereocenters. The molecule has 1 amide bonds. The molecule has 0 spiro atoms. The maximum atomic E-state index is 12.2. The maximum Gasteiger partial charge on any atom is 0.415 e. The first-order chi connectivity index (χ1) is 12.1. The van der Waals surface area contributed by atoms with E-state index in [1.165, 1.54) is 0 Å². The van der Waals surface area contributed by atoms with Gasteiger partial charge in [0.05, 0.1) is 29.8 Å². The summed E-state index contributed by atoms with van der Waals surface area (Å²) in [6.45, 7) is 2.00. The van der Waals surface area contributed by atoms with Crippen LogP contribution < -0.4 is 4.74 Å². The number of carbonyl (C=O) groups excluding carboxylic acids is 1. The minimum absolute atomic E-state index is 0.238. The van der Waals surface area contributed by atoms with E-state index < -0.39 is 12.1 Å². The predicted octanol–water partition coefficient (Wildman–Crippen LogP) is 2.62. The molecule has 0 aliphatic carbocycles. The van der Waals surface area contributed by atoms with Gasteiger partial charge in [0, 0.05) is 30.7 Å². The minimum atomic E-state index is -0.989. The van der Waals surface area contributed by atoms with Crippen molar-refractivity contribution in [1.82, 2.24) is 9.30 Å². The molecule has 128 valence electrons. The van der Waals surface area contributed by atoms with Crippen molar-refractivity contribution < 1.29 is 24.2 Å². The lowest BCUT2D eigenvalue weighted by atomic mass is 10.1. The molecular formula is C18H16N2O5. The van der Waals surface area contributed by atoms with Crippen LogP contribution in [0, 0.1) is 0 Å². The van der Waals surface area contributed by atoms with Gasteiger partial charge in [0.15, 0.2) is 0 Å². The van der Waals surface area contributed by atoms with Crippen molar-refractivity contribution in [2.24, 2.45) is 0 Å². The molecule has 1 fully saturated rings. The lowest BCUT2D eigenvalue weighted by Gasteiger charge is -2.25. The van der Waals surface area contributed by atoms with Gasteiger partial charge in [-0.3, -0.25) is 0 Å². The van der Waals surface area contributed by atoms with E-state index in [4.69, 9.17) is 9.47 Å². The number of carboxylic acid groups (broad SMARTS) is 1. The second kappa shape index (κ2) is 6.10. The van der Waals surface area contributed by atoms with Gasteiger partial charge in [-0.25, -0.2) is 9.59 Å². The van der Waals surface area contributed by atoms with Crippen LogP contribution in [0.4, 0.5) is 4.79 Å². The molecule has 3 aromatic rings. The Kier molecular flexibility index (Phi) is 3.77. The molecule has 25 heavy (non-hydrogen) atoms. The van der Waals surface area contributed by atoms with Crippen LogP contribution in [0.15, 0.2) is 42.6 Å². The standard InChI is InChI=1S/C18H16N2O5/c21-17(22)16-13-5-4-12(25-18(23)19-7-9-24-10-8-19)11-15(13)20-6-2-1-3-14(16)20/h1-6,11H,7-10H2,(H,21,22). The number of nitrogens with zero attached hydrogens (tertiary/aromatic N) is 2. The van der Waals surface area contributed by atoms with Crippen LogP contribution in [0.3, 0.4) is 0 Å². The van der Waals surface area contributed by atoms with E-state index in [9.17, 15) is 14.7 Å². The average Bonchev–Trinajstić information content (AvgIpc) is 2.96. The zero-order valence-corrected chi connectivity index (χ0v) is 13.3. The third kappa shape index (κ3) is 2.68. The summed E-state index contributed by atoms with van der Waals surface area (Å²) in [5.74, 6) is -0.610. The van der Waals surface area contributed by atoms with E-state index in [-0.39, 0.29) is 5.56 Å². The first kappa shape index (κ1) is 15.5. The first-order valence-electron chi connectivity index (χ1n) is 7.96. The number of hydrogen-bond donors (Lipinski definition) is 1. The molecular weight excluding hydrogens is 324 g/mol. The fourth-order valence-corrected chi connectivity index (χ4v) is 3.12.